The fourth-order valence-corrected chi connectivity index (χ4v) is 3.15. The van der Waals surface area contributed by atoms with Crippen LogP contribution in [0.2, 0.25) is 0 Å². The number of carbonyl (C=O) groups excluding carboxylic acids is 2. The van der Waals surface area contributed by atoms with Gasteiger partial charge in [-0.2, -0.15) is 0 Å². The highest BCUT2D eigenvalue weighted by molar-refractivity contribution is 6.22. The van der Waals surface area contributed by atoms with Crippen LogP contribution in [0.1, 0.15) is 26.7 Å². The maximum Gasteiger partial charge on any atom is 0.238 e. The highest BCUT2D eigenvalue weighted by Crippen LogP contribution is 2.42. The Labute approximate surface area is 121 Å². The van der Waals surface area contributed by atoms with Gasteiger partial charge in [-0.15, -0.1) is 0 Å². The molecule has 0 saturated carbocycles. The molecule has 5 heteroatoms. The van der Waals surface area contributed by atoms with Crippen molar-refractivity contribution >= 4 is 17.5 Å². The molecule has 0 radical (unpaired) electrons. The molecule has 1 saturated heterocycles. The van der Waals surface area contributed by atoms with Crippen molar-refractivity contribution in [3.8, 4) is 0 Å². The molecule has 2 amide bonds. The molecule has 3 nitrogen and oxygen atoms in total. The fraction of sp³-hybridized carbons (Fsp3) is 0.375. The molecule has 0 N–H and O–H groups in total. The van der Waals surface area contributed by atoms with E-state index in [2.05, 4.69) is 0 Å². The minimum atomic E-state index is -0.892. The molecule has 1 aliphatic carbocycles. The van der Waals surface area contributed by atoms with Gasteiger partial charge in [0.15, 0.2) is 0 Å². The van der Waals surface area contributed by atoms with Crippen molar-refractivity contribution in [2.24, 2.45) is 11.8 Å². The minimum Gasteiger partial charge on any atom is -0.274 e. The lowest BCUT2D eigenvalue weighted by Gasteiger charge is -2.23. The summed E-state index contributed by atoms with van der Waals surface area (Å²) in [5.41, 5.74) is 2.06. The summed E-state index contributed by atoms with van der Waals surface area (Å²) < 4.78 is 26.9. The van der Waals surface area contributed by atoms with Gasteiger partial charge in [-0.25, -0.2) is 13.7 Å². The van der Waals surface area contributed by atoms with Crippen LogP contribution in [-0.4, -0.2) is 11.8 Å². The van der Waals surface area contributed by atoms with Crippen LogP contribution < -0.4 is 4.90 Å². The first kappa shape index (κ1) is 13.9. The predicted octanol–water partition coefficient (Wildman–Crippen LogP) is 3.20. The summed E-state index contributed by atoms with van der Waals surface area (Å²) in [6.45, 7) is 3.90. The molecule has 1 fully saturated rings. The fourth-order valence-electron chi connectivity index (χ4n) is 3.15. The smallest absolute Gasteiger partial charge is 0.238 e. The van der Waals surface area contributed by atoms with E-state index in [1.54, 1.807) is 0 Å². The predicted molar refractivity (Wildman–Crippen MR) is 73.4 cm³/mol. The summed E-state index contributed by atoms with van der Waals surface area (Å²) in [5, 5.41) is 0. The van der Waals surface area contributed by atoms with Crippen LogP contribution in [-0.2, 0) is 9.59 Å². The van der Waals surface area contributed by atoms with Gasteiger partial charge in [0, 0.05) is 6.07 Å². The van der Waals surface area contributed by atoms with Gasteiger partial charge in [0.25, 0.3) is 0 Å². The summed E-state index contributed by atoms with van der Waals surface area (Å²) >= 11 is 0. The first-order valence-electron chi connectivity index (χ1n) is 6.88. The van der Waals surface area contributed by atoms with Crippen molar-refractivity contribution in [3.05, 3.63) is 41.0 Å². The lowest BCUT2D eigenvalue weighted by Crippen LogP contribution is -2.31. The number of imide groups is 1. The molecule has 1 heterocycles. The van der Waals surface area contributed by atoms with E-state index in [0.717, 1.165) is 28.2 Å². The number of allylic oxidation sites excluding steroid dienone is 2. The SMILES string of the molecule is CC1=C(C)CC2C(=O)N(c3ccc(F)cc3F)C(=O)C2C1. The van der Waals surface area contributed by atoms with E-state index in [1.165, 1.54) is 0 Å². The molecule has 1 aliphatic heterocycles. The maximum atomic E-state index is 13.9. The van der Waals surface area contributed by atoms with Gasteiger partial charge in [-0.05, 0) is 38.8 Å². The zero-order chi connectivity index (χ0) is 15.3. The van der Waals surface area contributed by atoms with Gasteiger partial charge >= 0.3 is 0 Å². The van der Waals surface area contributed by atoms with E-state index in [9.17, 15) is 18.4 Å². The summed E-state index contributed by atoms with van der Waals surface area (Å²) in [6, 6.07) is 2.88. The van der Waals surface area contributed by atoms with E-state index in [-0.39, 0.29) is 17.5 Å². The Balaban J connectivity index is 2.00. The zero-order valence-corrected chi connectivity index (χ0v) is 11.8. The van der Waals surface area contributed by atoms with Crippen LogP contribution in [0.15, 0.2) is 29.3 Å². The van der Waals surface area contributed by atoms with Gasteiger partial charge in [0.2, 0.25) is 11.8 Å². The Bertz CT molecular complexity index is 649. The highest BCUT2D eigenvalue weighted by atomic mass is 19.1. The van der Waals surface area contributed by atoms with E-state index in [1.807, 2.05) is 13.8 Å². The number of anilines is 1. The molecular formula is C16H15F2NO2. The topological polar surface area (TPSA) is 37.4 Å². The number of halogens is 2. The number of nitrogens with zero attached hydrogens (tertiary/aromatic N) is 1. The van der Waals surface area contributed by atoms with Crippen LogP contribution in [0.5, 0.6) is 0 Å². The Morgan fingerprint density at radius 1 is 1.00 bits per heavy atom. The standard InChI is InChI=1S/C16H15F2NO2/c1-8-5-11-12(6-9(8)2)16(21)19(15(11)20)14-4-3-10(17)7-13(14)18/h3-4,7,11-12H,5-6H2,1-2H3. The number of hydrogen-bond donors (Lipinski definition) is 0. The molecule has 3 rings (SSSR count). The van der Waals surface area contributed by atoms with Crippen molar-refractivity contribution in [1.29, 1.82) is 0 Å². The first-order valence-corrected chi connectivity index (χ1v) is 6.88. The minimum absolute atomic E-state index is 0.156. The maximum absolute atomic E-state index is 13.9. The summed E-state index contributed by atoms with van der Waals surface area (Å²) in [4.78, 5) is 25.8. The van der Waals surface area contributed by atoms with Gasteiger partial charge in [-0.3, -0.25) is 9.59 Å². The Morgan fingerprint density at radius 2 is 1.52 bits per heavy atom. The van der Waals surface area contributed by atoms with Gasteiger partial charge in [-0.1, -0.05) is 11.1 Å². The number of amides is 2. The average Bonchev–Trinajstić information content (AvgIpc) is 2.64. The number of fused-ring (bicyclic) bond motifs is 1. The Hall–Kier alpha value is -2.04. The second-order valence-electron chi connectivity index (χ2n) is 5.79. The van der Waals surface area contributed by atoms with Crippen molar-refractivity contribution in [3.63, 3.8) is 0 Å². The lowest BCUT2D eigenvalue weighted by atomic mass is 9.78. The van der Waals surface area contributed by atoms with Crippen LogP contribution in [0.4, 0.5) is 14.5 Å². The monoisotopic (exact) mass is 291 g/mol. The number of benzene rings is 1. The second-order valence-corrected chi connectivity index (χ2v) is 5.79. The molecule has 110 valence electrons. The molecule has 1 aromatic carbocycles. The molecule has 0 bridgehead atoms. The second kappa shape index (κ2) is 4.76. The van der Waals surface area contributed by atoms with E-state index < -0.39 is 23.5 Å². The Kier molecular flexibility index (Phi) is 3.15. The molecule has 0 aromatic heterocycles. The number of rotatable bonds is 1. The van der Waals surface area contributed by atoms with Gasteiger partial charge < -0.3 is 0 Å². The first-order chi connectivity index (χ1) is 9.90. The summed E-state index contributed by atoms with van der Waals surface area (Å²) in [5.74, 6) is -3.25. The van der Waals surface area contributed by atoms with Crippen LogP contribution in [0, 0.1) is 23.5 Å². The number of hydrogen-bond acceptors (Lipinski definition) is 2. The molecule has 2 aliphatic rings. The third-order valence-electron chi connectivity index (χ3n) is 4.49. The average molecular weight is 291 g/mol. The van der Waals surface area contributed by atoms with E-state index >= 15 is 0 Å². The largest absolute Gasteiger partial charge is 0.274 e. The van der Waals surface area contributed by atoms with E-state index in [0.29, 0.717) is 18.9 Å². The molecule has 1 aromatic rings. The zero-order valence-electron chi connectivity index (χ0n) is 11.8. The van der Waals surface area contributed by atoms with Crippen LogP contribution >= 0.6 is 0 Å². The third-order valence-corrected chi connectivity index (χ3v) is 4.49. The normalized spacial score (nSPS) is 25.6. The van der Waals surface area contributed by atoms with Crippen LogP contribution in [0.25, 0.3) is 0 Å². The lowest BCUT2D eigenvalue weighted by molar-refractivity contribution is -0.122. The quantitative estimate of drug-likeness (QED) is 0.588. The van der Waals surface area contributed by atoms with Crippen molar-refractivity contribution in [2.75, 3.05) is 4.90 Å². The molecule has 2 atom stereocenters. The summed E-state index contributed by atoms with van der Waals surface area (Å²) in [7, 11) is 0. The highest BCUT2D eigenvalue weighted by Gasteiger charge is 2.50. The number of carbonyl (C=O) groups is 2. The third kappa shape index (κ3) is 2.07. The van der Waals surface area contributed by atoms with Gasteiger partial charge in [0.1, 0.15) is 11.6 Å². The molecule has 0 spiro atoms. The molecular weight excluding hydrogens is 276 g/mol. The van der Waals surface area contributed by atoms with Crippen molar-refractivity contribution < 1.29 is 18.4 Å². The summed E-state index contributed by atoms with van der Waals surface area (Å²) in [6.07, 6.45) is 1.06. The van der Waals surface area contributed by atoms with Crippen molar-refractivity contribution in [2.45, 2.75) is 26.7 Å². The Morgan fingerprint density at radius 3 is 2.00 bits per heavy atom. The van der Waals surface area contributed by atoms with E-state index in [4.69, 9.17) is 0 Å². The van der Waals surface area contributed by atoms with Gasteiger partial charge in [0.05, 0.1) is 17.5 Å². The van der Waals surface area contributed by atoms with Crippen molar-refractivity contribution in [1.82, 2.24) is 0 Å². The molecule has 21 heavy (non-hydrogen) atoms. The molecule has 2 unspecified atom stereocenters. The van der Waals surface area contributed by atoms with Crippen LogP contribution in [0.3, 0.4) is 0 Å².